The summed E-state index contributed by atoms with van der Waals surface area (Å²) in [4.78, 5) is 0. The zero-order valence-corrected chi connectivity index (χ0v) is 13.2. The first-order chi connectivity index (χ1) is 9.63. The van der Waals surface area contributed by atoms with Crippen molar-refractivity contribution in [1.29, 1.82) is 0 Å². The number of aryl methyl sites for hydroxylation is 1. The zero-order chi connectivity index (χ0) is 14.4. The molecule has 2 nitrogen and oxygen atoms in total. The lowest BCUT2D eigenvalue weighted by Gasteiger charge is -2.28. The number of hydrogen-bond acceptors (Lipinski definition) is 2. The van der Waals surface area contributed by atoms with Gasteiger partial charge in [0.1, 0.15) is 7.28 Å². The lowest BCUT2D eigenvalue weighted by atomic mass is 9.75. The fourth-order valence-corrected chi connectivity index (χ4v) is 2.78. The van der Waals surface area contributed by atoms with Crippen LogP contribution in [-0.4, -0.2) is 25.8 Å². The molecule has 1 saturated heterocycles. The van der Waals surface area contributed by atoms with E-state index in [1.165, 1.54) is 5.56 Å². The number of rotatable bonds is 7. The smallest absolute Gasteiger partial charge is 0.169 e. The molecular weight excluding hydrogens is 270 g/mol. The van der Waals surface area contributed by atoms with Gasteiger partial charge in [0.25, 0.3) is 0 Å². The minimum Gasteiger partial charge on any atom is -0.347 e. The van der Waals surface area contributed by atoms with E-state index in [0.29, 0.717) is 6.61 Å². The molecule has 0 amide bonds. The van der Waals surface area contributed by atoms with Crippen molar-refractivity contribution in [3.05, 3.63) is 34.9 Å². The molecule has 1 aromatic rings. The molecule has 2 rings (SSSR count). The molecule has 0 bridgehead atoms. The van der Waals surface area contributed by atoms with Crippen LogP contribution in [0.15, 0.2) is 24.3 Å². The fourth-order valence-electron chi connectivity index (χ4n) is 2.65. The quantitative estimate of drug-likeness (QED) is 0.549. The molecule has 0 saturated carbocycles. The van der Waals surface area contributed by atoms with Crippen molar-refractivity contribution in [2.75, 3.05) is 6.61 Å². The molecule has 0 N–H and O–H groups in total. The van der Waals surface area contributed by atoms with Crippen molar-refractivity contribution in [1.82, 2.24) is 0 Å². The Morgan fingerprint density at radius 2 is 2.05 bits per heavy atom. The molecule has 1 aliphatic heterocycles. The van der Waals surface area contributed by atoms with E-state index < -0.39 is 0 Å². The van der Waals surface area contributed by atoms with Crippen molar-refractivity contribution in [3.63, 3.8) is 0 Å². The van der Waals surface area contributed by atoms with Gasteiger partial charge in [0.15, 0.2) is 5.79 Å². The highest BCUT2D eigenvalue weighted by atomic mass is 35.5. The molecular formula is C16H23BClO2. The number of hydrogen-bond donors (Lipinski definition) is 0. The van der Waals surface area contributed by atoms with Gasteiger partial charge in [-0.1, -0.05) is 43.3 Å². The summed E-state index contributed by atoms with van der Waals surface area (Å²) in [6.45, 7) is 4.88. The number of benzene rings is 1. The Kier molecular flexibility index (Phi) is 5.94. The average Bonchev–Trinajstić information content (AvgIpc) is 2.81. The summed E-state index contributed by atoms with van der Waals surface area (Å²) < 4.78 is 12.1. The predicted octanol–water partition coefficient (Wildman–Crippen LogP) is 4.36. The maximum Gasteiger partial charge on any atom is 0.169 e. The third-order valence-corrected chi connectivity index (χ3v) is 4.01. The lowest BCUT2D eigenvalue weighted by molar-refractivity contribution is -0.175. The van der Waals surface area contributed by atoms with E-state index in [0.717, 1.165) is 37.0 Å². The van der Waals surface area contributed by atoms with E-state index in [-0.39, 0.29) is 11.9 Å². The van der Waals surface area contributed by atoms with Gasteiger partial charge in [0.2, 0.25) is 0 Å². The van der Waals surface area contributed by atoms with Crippen molar-refractivity contribution in [2.45, 2.75) is 57.6 Å². The van der Waals surface area contributed by atoms with Crippen molar-refractivity contribution < 1.29 is 9.47 Å². The van der Waals surface area contributed by atoms with Gasteiger partial charge in [0.05, 0.1) is 12.7 Å². The summed E-state index contributed by atoms with van der Waals surface area (Å²) in [5, 5.41) is 0.781. The molecule has 20 heavy (non-hydrogen) atoms. The second-order valence-corrected chi connectivity index (χ2v) is 6.01. The SMILES string of the molecule is C[B]CCC[C@]1(CCc2ccc(Cl)cc2)OC[C@@H](C)O1. The Labute approximate surface area is 128 Å². The molecule has 0 unspecified atom stereocenters. The van der Waals surface area contributed by atoms with Gasteiger partial charge >= 0.3 is 0 Å². The first kappa shape index (κ1) is 15.9. The third kappa shape index (κ3) is 4.51. The summed E-state index contributed by atoms with van der Waals surface area (Å²) in [5.41, 5.74) is 1.28. The van der Waals surface area contributed by atoms with Gasteiger partial charge in [-0.25, -0.2) is 0 Å². The van der Waals surface area contributed by atoms with Crippen LogP contribution in [-0.2, 0) is 15.9 Å². The molecule has 1 aromatic carbocycles. The zero-order valence-electron chi connectivity index (χ0n) is 12.4. The van der Waals surface area contributed by atoms with Gasteiger partial charge in [0, 0.05) is 17.9 Å². The van der Waals surface area contributed by atoms with Crippen LogP contribution < -0.4 is 0 Å². The Bertz CT molecular complexity index is 409. The van der Waals surface area contributed by atoms with Gasteiger partial charge < -0.3 is 9.47 Å². The molecule has 1 fully saturated rings. The first-order valence-electron chi connectivity index (χ1n) is 7.47. The monoisotopic (exact) mass is 293 g/mol. The highest BCUT2D eigenvalue weighted by Gasteiger charge is 2.38. The van der Waals surface area contributed by atoms with E-state index in [1.54, 1.807) is 0 Å². The molecule has 1 heterocycles. The molecule has 2 atom stereocenters. The summed E-state index contributed by atoms with van der Waals surface area (Å²) in [6, 6.07) is 8.03. The van der Waals surface area contributed by atoms with E-state index >= 15 is 0 Å². The van der Waals surface area contributed by atoms with Gasteiger partial charge in [-0.05, 0) is 31.0 Å². The molecule has 0 aliphatic carbocycles. The maximum atomic E-state index is 6.08. The maximum absolute atomic E-state index is 6.08. The highest BCUT2D eigenvalue weighted by molar-refractivity contribution is 6.33. The van der Waals surface area contributed by atoms with Crippen LogP contribution in [0.2, 0.25) is 18.2 Å². The molecule has 1 aliphatic rings. The van der Waals surface area contributed by atoms with Crippen LogP contribution >= 0.6 is 11.6 Å². The van der Waals surface area contributed by atoms with Crippen LogP contribution in [0.25, 0.3) is 0 Å². The minimum atomic E-state index is -0.387. The topological polar surface area (TPSA) is 18.5 Å². The predicted molar refractivity (Wildman–Crippen MR) is 84.7 cm³/mol. The number of halogens is 1. The largest absolute Gasteiger partial charge is 0.347 e. The van der Waals surface area contributed by atoms with E-state index in [1.807, 2.05) is 12.1 Å². The molecule has 1 radical (unpaired) electrons. The van der Waals surface area contributed by atoms with E-state index in [9.17, 15) is 0 Å². The van der Waals surface area contributed by atoms with E-state index in [4.69, 9.17) is 21.1 Å². The standard InChI is InChI=1S/C16H23BClO2/c1-13-12-19-16(20-13,9-3-11-17-2)10-8-14-4-6-15(18)7-5-14/h4-7,13H,3,8-12H2,1-2H3/t13-,16+/m1/s1. The van der Waals surface area contributed by atoms with Gasteiger partial charge in [-0.15, -0.1) is 0 Å². The van der Waals surface area contributed by atoms with Crippen molar-refractivity contribution in [3.8, 4) is 0 Å². The van der Waals surface area contributed by atoms with E-state index in [2.05, 4.69) is 33.2 Å². The van der Waals surface area contributed by atoms with Crippen LogP contribution in [0, 0.1) is 0 Å². The Hall–Kier alpha value is -0.505. The normalized spacial score (nSPS) is 25.9. The van der Waals surface area contributed by atoms with Crippen LogP contribution in [0.5, 0.6) is 0 Å². The van der Waals surface area contributed by atoms with Crippen LogP contribution in [0.3, 0.4) is 0 Å². The molecule has 109 valence electrons. The highest BCUT2D eigenvalue weighted by Crippen LogP contribution is 2.33. The van der Waals surface area contributed by atoms with Gasteiger partial charge in [-0.2, -0.15) is 0 Å². The van der Waals surface area contributed by atoms with Crippen LogP contribution in [0.4, 0.5) is 0 Å². The van der Waals surface area contributed by atoms with Gasteiger partial charge in [-0.3, -0.25) is 0 Å². The summed E-state index contributed by atoms with van der Waals surface area (Å²) in [6.07, 6.45) is 5.26. The first-order valence-corrected chi connectivity index (χ1v) is 7.85. The fraction of sp³-hybridized carbons (Fsp3) is 0.625. The average molecular weight is 294 g/mol. The third-order valence-electron chi connectivity index (χ3n) is 3.76. The van der Waals surface area contributed by atoms with Crippen molar-refractivity contribution >= 4 is 18.9 Å². The summed E-state index contributed by atoms with van der Waals surface area (Å²) >= 11 is 5.92. The summed E-state index contributed by atoms with van der Waals surface area (Å²) in [5.74, 6) is -0.387. The molecule has 0 aromatic heterocycles. The number of ether oxygens (including phenoxy) is 2. The Balaban J connectivity index is 1.92. The molecule has 4 heteroatoms. The second kappa shape index (κ2) is 7.49. The summed E-state index contributed by atoms with van der Waals surface area (Å²) in [7, 11) is 2.20. The van der Waals surface area contributed by atoms with Crippen LogP contribution in [0.1, 0.15) is 31.7 Å². The Morgan fingerprint density at radius 1 is 1.30 bits per heavy atom. The second-order valence-electron chi connectivity index (χ2n) is 5.58. The lowest BCUT2D eigenvalue weighted by Crippen LogP contribution is -2.31. The molecule has 0 spiro atoms. The Morgan fingerprint density at radius 3 is 2.65 bits per heavy atom. The van der Waals surface area contributed by atoms with Crippen molar-refractivity contribution in [2.24, 2.45) is 0 Å². The minimum absolute atomic E-state index is 0.200.